The van der Waals surface area contributed by atoms with Crippen LogP contribution in [-0.4, -0.2) is 43.7 Å². The van der Waals surface area contributed by atoms with Gasteiger partial charge in [0, 0.05) is 19.3 Å². The van der Waals surface area contributed by atoms with Crippen LogP contribution >= 0.6 is 0 Å². The minimum Gasteiger partial charge on any atom is -0.419 e. The first-order valence-corrected chi connectivity index (χ1v) is 7.05. The van der Waals surface area contributed by atoms with E-state index in [9.17, 15) is 0 Å². The fourth-order valence-electron chi connectivity index (χ4n) is 1.76. The second-order valence-corrected chi connectivity index (χ2v) is 4.50. The molecule has 1 aromatic carbocycles. The van der Waals surface area contributed by atoms with Gasteiger partial charge in [0.25, 0.3) is 0 Å². The van der Waals surface area contributed by atoms with Gasteiger partial charge in [0.1, 0.15) is 0 Å². The van der Waals surface area contributed by atoms with Crippen molar-refractivity contribution in [2.24, 2.45) is 0 Å². The van der Waals surface area contributed by atoms with Crippen molar-refractivity contribution >= 4 is 0 Å². The molecule has 0 saturated carbocycles. The Morgan fingerprint density at radius 1 is 1.10 bits per heavy atom. The maximum absolute atomic E-state index is 5.60. The first kappa shape index (κ1) is 15.6. The van der Waals surface area contributed by atoms with Gasteiger partial charge < -0.3 is 19.2 Å². The average Bonchev–Trinajstić information content (AvgIpc) is 3.00. The molecule has 1 aromatic heterocycles. The summed E-state index contributed by atoms with van der Waals surface area (Å²) >= 11 is 0. The van der Waals surface area contributed by atoms with Crippen LogP contribution in [0.2, 0.25) is 0 Å². The molecule has 6 heteroatoms. The summed E-state index contributed by atoms with van der Waals surface area (Å²) in [6, 6.07) is 9.74. The molecule has 6 nitrogen and oxygen atoms in total. The summed E-state index contributed by atoms with van der Waals surface area (Å²) in [5.74, 6) is 1.14. The maximum Gasteiger partial charge on any atom is 0.247 e. The van der Waals surface area contributed by atoms with E-state index in [1.165, 1.54) is 0 Å². The smallest absolute Gasteiger partial charge is 0.247 e. The van der Waals surface area contributed by atoms with Gasteiger partial charge in [-0.2, -0.15) is 0 Å². The van der Waals surface area contributed by atoms with Gasteiger partial charge in [-0.25, -0.2) is 0 Å². The third kappa shape index (κ3) is 5.63. The number of benzene rings is 1. The van der Waals surface area contributed by atoms with Crippen LogP contribution in [0.4, 0.5) is 0 Å². The first-order chi connectivity index (χ1) is 10.4. The molecule has 0 radical (unpaired) electrons. The summed E-state index contributed by atoms with van der Waals surface area (Å²) in [7, 11) is 1.67. The number of aromatic nitrogens is 2. The van der Waals surface area contributed by atoms with E-state index < -0.39 is 0 Å². The highest BCUT2D eigenvalue weighted by molar-refractivity contribution is 5.51. The molecule has 0 fully saturated rings. The van der Waals surface area contributed by atoms with E-state index in [1.807, 2.05) is 30.3 Å². The van der Waals surface area contributed by atoms with E-state index in [0.29, 0.717) is 31.5 Å². The second kappa shape index (κ2) is 9.23. The standard InChI is InChI=1S/C15H21N3O3/c1-19-10-11-20-9-5-8-16-12-14-17-18-15(21-14)13-6-3-2-4-7-13/h2-4,6-7,16H,5,8-12H2,1H3. The predicted octanol–water partition coefficient (Wildman–Crippen LogP) is 1.88. The lowest BCUT2D eigenvalue weighted by Gasteiger charge is -2.03. The van der Waals surface area contributed by atoms with E-state index in [0.717, 1.165) is 25.1 Å². The van der Waals surface area contributed by atoms with Crippen molar-refractivity contribution in [2.75, 3.05) is 33.5 Å². The van der Waals surface area contributed by atoms with Gasteiger partial charge in [-0.15, -0.1) is 10.2 Å². The molecule has 0 bridgehead atoms. The fourth-order valence-corrected chi connectivity index (χ4v) is 1.76. The molecule has 21 heavy (non-hydrogen) atoms. The Kier molecular flexibility index (Phi) is 6.87. The Labute approximate surface area is 124 Å². The molecule has 0 amide bonds. The van der Waals surface area contributed by atoms with Crippen molar-refractivity contribution in [3.05, 3.63) is 36.2 Å². The van der Waals surface area contributed by atoms with Gasteiger partial charge in [-0.05, 0) is 25.1 Å². The number of hydrogen-bond acceptors (Lipinski definition) is 6. The monoisotopic (exact) mass is 291 g/mol. The van der Waals surface area contributed by atoms with Crippen molar-refractivity contribution in [3.63, 3.8) is 0 Å². The molecular formula is C15H21N3O3. The number of nitrogens with one attached hydrogen (secondary N) is 1. The molecule has 1 N–H and O–H groups in total. The lowest BCUT2D eigenvalue weighted by molar-refractivity contribution is 0.0694. The van der Waals surface area contributed by atoms with E-state index in [4.69, 9.17) is 13.9 Å². The quantitative estimate of drug-likeness (QED) is 0.674. The van der Waals surface area contributed by atoms with Crippen molar-refractivity contribution in [3.8, 4) is 11.5 Å². The summed E-state index contributed by atoms with van der Waals surface area (Å²) in [5.41, 5.74) is 0.933. The number of hydrogen-bond donors (Lipinski definition) is 1. The van der Waals surface area contributed by atoms with Crippen molar-refractivity contribution in [1.82, 2.24) is 15.5 Å². The molecular weight excluding hydrogens is 270 g/mol. The van der Waals surface area contributed by atoms with Crippen molar-refractivity contribution in [2.45, 2.75) is 13.0 Å². The van der Waals surface area contributed by atoms with Gasteiger partial charge >= 0.3 is 0 Å². The van der Waals surface area contributed by atoms with Gasteiger partial charge in [0.2, 0.25) is 11.8 Å². The Balaban J connectivity index is 1.63. The number of nitrogens with zero attached hydrogens (tertiary/aromatic N) is 2. The maximum atomic E-state index is 5.60. The summed E-state index contributed by atoms with van der Waals surface area (Å²) < 4.78 is 15.9. The predicted molar refractivity (Wildman–Crippen MR) is 78.8 cm³/mol. The van der Waals surface area contributed by atoms with Crippen LogP contribution in [-0.2, 0) is 16.0 Å². The lowest BCUT2D eigenvalue weighted by Crippen LogP contribution is -2.17. The van der Waals surface area contributed by atoms with Crippen LogP contribution in [0.15, 0.2) is 34.7 Å². The molecule has 1 heterocycles. The summed E-state index contributed by atoms with van der Waals surface area (Å²) in [6.45, 7) is 3.40. The summed E-state index contributed by atoms with van der Waals surface area (Å²) in [5, 5.41) is 11.3. The Morgan fingerprint density at radius 2 is 1.95 bits per heavy atom. The topological polar surface area (TPSA) is 69.4 Å². The highest BCUT2D eigenvalue weighted by Crippen LogP contribution is 2.16. The van der Waals surface area contributed by atoms with Crippen LogP contribution in [0.1, 0.15) is 12.3 Å². The summed E-state index contributed by atoms with van der Waals surface area (Å²) in [4.78, 5) is 0. The molecule has 0 spiro atoms. The largest absolute Gasteiger partial charge is 0.419 e. The van der Waals surface area contributed by atoms with Crippen LogP contribution in [0.5, 0.6) is 0 Å². The number of rotatable bonds is 10. The van der Waals surface area contributed by atoms with Crippen molar-refractivity contribution in [1.29, 1.82) is 0 Å². The zero-order chi connectivity index (χ0) is 14.8. The SMILES string of the molecule is COCCOCCCNCc1nnc(-c2ccccc2)o1. The zero-order valence-corrected chi connectivity index (χ0v) is 12.2. The Hall–Kier alpha value is -1.76. The lowest BCUT2D eigenvalue weighted by atomic mass is 10.2. The minimum atomic E-state index is 0.551. The second-order valence-electron chi connectivity index (χ2n) is 4.50. The molecule has 0 aliphatic rings. The molecule has 0 atom stereocenters. The van der Waals surface area contributed by atoms with Crippen LogP contribution < -0.4 is 5.32 Å². The molecule has 0 aliphatic carbocycles. The fraction of sp³-hybridized carbons (Fsp3) is 0.467. The molecule has 2 rings (SSSR count). The highest BCUT2D eigenvalue weighted by atomic mass is 16.5. The Bertz CT molecular complexity index is 502. The van der Waals surface area contributed by atoms with Crippen molar-refractivity contribution < 1.29 is 13.9 Å². The minimum absolute atomic E-state index is 0.551. The van der Waals surface area contributed by atoms with Crippen LogP contribution in [0, 0.1) is 0 Å². The van der Waals surface area contributed by atoms with Crippen LogP contribution in [0.25, 0.3) is 11.5 Å². The van der Waals surface area contributed by atoms with Gasteiger partial charge in [0.05, 0.1) is 19.8 Å². The van der Waals surface area contributed by atoms with E-state index in [2.05, 4.69) is 15.5 Å². The molecule has 0 unspecified atom stereocenters. The van der Waals surface area contributed by atoms with Gasteiger partial charge in [0.15, 0.2) is 0 Å². The average molecular weight is 291 g/mol. The first-order valence-electron chi connectivity index (χ1n) is 7.05. The van der Waals surface area contributed by atoms with E-state index in [-0.39, 0.29) is 0 Å². The highest BCUT2D eigenvalue weighted by Gasteiger charge is 2.07. The summed E-state index contributed by atoms with van der Waals surface area (Å²) in [6.07, 6.45) is 0.934. The molecule has 2 aromatic rings. The molecule has 114 valence electrons. The molecule has 0 saturated heterocycles. The van der Waals surface area contributed by atoms with Gasteiger partial charge in [-0.3, -0.25) is 0 Å². The van der Waals surface area contributed by atoms with E-state index in [1.54, 1.807) is 7.11 Å². The van der Waals surface area contributed by atoms with Gasteiger partial charge in [-0.1, -0.05) is 18.2 Å². The third-order valence-corrected chi connectivity index (χ3v) is 2.84. The Morgan fingerprint density at radius 3 is 2.76 bits per heavy atom. The zero-order valence-electron chi connectivity index (χ0n) is 12.2. The van der Waals surface area contributed by atoms with Crippen LogP contribution in [0.3, 0.4) is 0 Å². The van der Waals surface area contributed by atoms with E-state index >= 15 is 0 Å². The third-order valence-electron chi connectivity index (χ3n) is 2.84. The molecule has 0 aliphatic heterocycles. The number of methoxy groups -OCH3 is 1. The normalized spacial score (nSPS) is 10.9. The number of ether oxygens (including phenoxy) is 2.